The van der Waals surface area contributed by atoms with Crippen molar-refractivity contribution in [3.63, 3.8) is 0 Å². The number of alkyl halides is 3. The first-order valence-corrected chi connectivity index (χ1v) is 9.13. The summed E-state index contributed by atoms with van der Waals surface area (Å²) in [5, 5.41) is 3.86. The van der Waals surface area contributed by atoms with Gasteiger partial charge in [-0.15, -0.1) is 0 Å². The molecule has 0 radical (unpaired) electrons. The summed E-state index contributed by atoms with van der Waals surface area (Å²) < 4.78 is -1.81. The van der Waals surface area contributed by atoms with Crippen LogP contribution in [0.25, 0.3) is 11.4 Å². The SMILES string of the molecule is Clc1ccc(-c2nc(NCc3cccnc3)nc(C(Cl)(Cl)Cl)n2)cc1Cl. The number of halogens is 5. The van der Waals surface area contributed by atoms with Crippen LogP contribution in [0.2, 0.25) is 10.0 Å². The van der Waals surface area contributed by atoms with Crippen molar-refractivity contribution in [2.45, 2.75) is 10.3 Å². The van der Waals surface area contributed by atoms with Gasteiger partial charge in [-0.1, -0.05) is 64.1 Å². The maximum atomic E-state index is 6.07. The number of hydrogen-bond acceptors (Lipinski definition) is 5. The Morgan fingerprint density at radius 3 is 2.42 bits per heavy atom. The molecule has 134 valence electrons. The van der Waals surface area contributed by atoms with E-state index in [1.54, 1.807) is 30.6 Å². The van der Waals surface area contributed by atoms with Crippen LogP contribution in [0.1, 0.15) is 11.4 Å². The van der Waals surface area contributed by atoms with Crippen molar-refractivity contribution in [2.24, 2.45) is 0 Å². The summed E-state index contributed by atoms with van der Waals surface area (Å²) in [6.45, 7) is 0.442. The second-order valence-corrected chi connectivity index (χ2v) is 8.24. The minimum absolute atomic E-state index is 0.00717. The van der Waals surface area contributed by atoms with Crippen molar-refractivity contribution in [2.75, 3.05) is 5.32 Å². The zero-order valence-electron chi connectivity index (χ0n) is 12.9. The Kier molecular flexibility index (Phi) is 6.05. The molecule has 1 aromatic carbocycles. The van der Waals surface area contributed by atoms with E-state index in [1.165, 1.54) is 0 Å². The van der Waals surface area contributed by atoms with E-state index in [9.17, 15) is 0 Å². The number of nitrogens with zero attached hydrogens (tertiary/aromatic N) is 4. The van der Waals surface area contributed by atoms with Crippen LogP contribution in [0, 0.1) is 0 Å². The van der Waals surface area contributed by atoms with Gasteiger partial charge in [0.1, 0.15) is 0 Å². The van der Waals surface area contributed by atoms with E-state index in [1.807, 2.05) is 12.1 Å². The van der Waals surface area contributed by atoms with Gasteiger partial charge in [-0.25, -0.2) is 4.98 Å². The third-order valence-electron chi connectivity index (χ3n) is 3.24. The highest BCUT2D eigenvalue weighted by Gasteiger charge is 2.28. The van der Waals surface area contributed by atoms with Gasteiger partial charge in [0.05, 0.1) is 10.0 Å². The molecule has 0 saturated carbocycles. The zero-order valence-corrected chi connectivity index (χ0v) is 16.7. The predicted octanol–water partition coefficient (Wildman–Crippen LogP) is 5.68. The van der Waals surface area contributed by atoms with Crippen molar-refractivity contribution in [1.29, 1.82) is 0 Å². The molecule has 26 heavy (non-hydrogen) atoms. The molecule has 0 saturated heterocycles. The van der Waals surface area contributed by atoms with Crippen molar-refractivity contribution in [3.05, 3.63) is 64.2 Å². The van der Waals surface area contributed by atoms with Crippen LogP contribution in [0.3, 0.4) is 0 Å². The van der Waals surface area contributed by atoms with Gasteiger partial charge in [0, 0.05) is 24.5 Å². The van der Waals surface area contributed by atoms with E-state index in [2.05, 4.69) is 25.3 Å². The molecule has 0 amide bonds. The minimum atomic E-state index is -1.81. The number of hydrogen-bond donors (Lipinski definition) is 1. The highest BCUT2D eigenvalue weighted by Crippen LogP contribution is 2.37. The number of rotatable bonds is 4. The lowest BCUT2D eigenvalue weighted by Gasteiger charge is -2.13. The van der Waals surface area contributed by atoms with Crippen LogP contribution in [0.4, 0.5) is 5.95 Å². The molecule has 2 heterocycles. The molecule has 1 N–H and O–H groups in total. The van der Waals surface area contributed by atoms with Crippen LogP contribution < -0.4 is 5.32 Å². The Hall–Kier alpha value is -1.37. The van der Waals surface area contributed by atoms with Crippen LogP contribution in [0.15, 0.2) is 42.7 Å². The van der Waals surface area contributed by atoms with E-state index < -0.39 is 3.79 Å². The lowest BCUT2D eigenvalue weighted by Crippen LogP contribution is -2.13. The van der Waals surface area contributed by atoms with E-state index in [4.69, 9.17) is 58.0 Å². The molecule has 0 bridgehead atoms. The zero-order chi connectivity index (χ0) is 18.7. The lowest BCUT2D eigenvalue weighted by atomic mass is 10.2. The van der Waals surface area contributed by atoms with Gasteiger partial charge in [-0.05, 0) is 29.8 Å². The summed E-state index contributed by atoms with van der Waals surface area (Å²) in [4.78, 5) is 16.8. The fourth-order valence-electron chi connectivity index (χ4n) is 2.03. The average Bonchev–Trinajstić information content (AvgIpc) is 2.62. The second kappa shape index (κ2) is 8.11. The predicted molar refractivity (Wildman–Crippen MR) is 106 cm³/mol. The molecule has 3 aromatic rings. The van der Waals surface area contributed by atoms with Crippen LogP contribution in [0.5, 0.6) is 0 Å². The first-order valence-electron chi connectivity index (χ1n) is 7.24. The maximum absolute atomic E-state index is 6.07. The maximum Gasteiger partial charge on any atom is 0.250 e. The molecule has 0 aliphatic rings. The average molecular weight is 450 g/mol. The van der Waals surface area contributed by atoms with Gasteiger partial charge in [-0.3, -0.25) is 4.98 Å². The molecule has 0 unspecified atom stereocenters. The lowest BCUT2D eigenvalue weighted by molar-refractivity contribution is 0.912. The summed E-state index contributed by atoms with van der Waals surface area (Å²) in [6, 6.07) is 8.73. The van der Waals surface area contributed by atoms with Crippen molar-refractivity contribution in [1.82, 2.24) is 19.9 Å². The Morgan fingerprint density at radius 2 is 1.77 bits per heavy atom. The van der Waals surface area contributed by atoms with Gasteiger partial charge >= 0.3 is 0 Å². The van der Waals surface area contributed by atoms with Gasteiger partial charge in [-0.2, -0.15) is 9.97 Å². The highest BCUT2D eigenvalue weighted by atomic mass is 35.6. The molecule has 0 aliphatic carbocycles. The van der Waals surface area contributed by atoms with Gasteiger partial charge in [0.25, 0.3) is 0 Å². The van der Waals surface area contributed by atoms with Crippen molar-refractivity contribution in [3.8, 4) is 11.4 Å². The fraction of sp³-hybridized carbons (Fsp3) is 0.125. The highest BCUT2D eigenvalue weighted by molar-refractivity contribution is 6.66. The third-order valence-corrected chi connectivity index (χ3v) is 4.49. The van der Waals surface area contributed by atoms with Gasteiger partial charge in [0.2, 0.25) is 9.74 Å². The van der Waals surface area contributed by atoms with Crippen LogP contribution >= 0.6 is 58.0 Å². The number of anilines is 1. The number of benzene rings is 1. The molecule has 5 nitrogen and oxygen atoms in total. The first-order chi connectivity index (χ1) is 12.3. The Labute approximate surface area is 174 Å². The largest absolute Gasteiger partial charge is 0.350 e. The summed E-state index contributed by atoms with van der Waals surface area (Å²) >= 11 is 29.9. The van der Waals surface area contributed by atoms with E-state index in [0.717, 1.165) is 5.56 Å². The van der Waals surface area contributed by atoms with Crippen LogP contribution in [-0.4, -0.2) is 19.9 Å². The van der Waals surface area contributed by atoms with Gasteiger partial charge in [0.15, 0.2) is 11.6 Å². The molecule has 10 heteroatoms. The van der Waals surface area contributed by atoms with Crippen molar-refractivity contribution >= 4 is 64.0 Å². The van der Waals surface area contributed by atoms with Crippen LogP contribution in [-0.2, 0) is 10.3 Å². The Balaban J connectivity index is 1.97. The van der Waals surface area contributed by atoms with E-state index in [0.29, 0.717) is 28.0 Å². The quantitative estimate of drug-likeness (QED) is 0.519. The molecule has 0 atom stereocenters. The normalized spacial score (nSPS) is 11.4. The first kappa shape index (κ1) is 19.4. The van der Waals surface area contributed by atoms with E-state index >= 15 is 0 Å². The summed E-state index contributed by atoms with van der Waals surface area (Å²) in [6.07, 6.45) is 3.42. The third kappa shape index (κ3) is 4.87. The number of aromatic nitrogens is 4. The smallest absolute Gasteiger partial charge is 0.250 e. The topological polar surface area (TPSA) is 63.6 Å². The molecule has 0 fully saturated rings. The molecule has 0 aliphatic heterocycles. The monoisotopic (exact) mass is 447 g/mol. The Morgan fingerprint density at radius 1 is 0.962 bits per heavy atom. The fourth-order valence-corrected chi connectivity index (χ4v) is 2.58. The molecule has 0 spiro atoms. The Bertz CT molecular complexity index is 915. The molecular weight excluding hydrogens is 439 g/mol. The van der Waals surface area contributed by atoms with Crippen molar-refractivity contribution < 1.29 is 0 Å². The number of pyridine rings is 1. The molecule has 2 aromatic heterocycles. The van der Waals surface area contributed by atoms with E-state index in [-0.39, 0.29) is 11.8 Å². The standard InChI is InChI=1S/C16H10Cl5N5/c17-11-4-3-10(6-12(11)18)13-24-14(16(19,20)21)26-15(25-13)23-8-9-2-1-5-22-7-9/h1-7H,8H2,(H,23,24,25,26). The summed E-state index contributed by atoms with van der Waals surface area (Å²) in [7, 11) is 0. The summed E-state index contributed by atoms with van der Waals surface area (Å²) in [5.74, 6) is 0.548. The second-order valence-electron chi connectivity index (χ2n) is 5.15. The molecular formula is C16H10Cl5N5. The number of nitrogens with one attached hydrogen (secondary N) is 1. The molecule has 3 rings (SSSR count). The minimum Gasteiger partial charge on any atom is -0.350 e. The van der Waals surface area contributed by atoms with Gasteiger partial charge < -0.3 is 5.32 Å². The summed E-state index contributed by atoms with van der Waals surface area (Å²) in [5.41, 5.74) is 1.56.